The molecule has 16 heavy (non-hydrogen) atoms. The number of likely N-dealkylation sites (tertiary alicyclic amines) is 1. The number of nitrogens with one attached hydrogen (secondary N) is 1. The highest BCUT2D eigenvalue weighted by molar-refractivity contribution is 4.79. The predicted molar refractivity (Wildman–Crippen MR) is 71.7 cm³/mol. The molecule has 1 atom stereocenters. The molecule has 1 heterocycles. The highest BCUT2D eigenvalue weighted by Crippen LogP contribution is 2.25. The second-order valence-electron chi connectivity index (χ2n) is 6.03. The monoisotopic (exact) mass is 226 g/mol. The molecule has 1 rings (SSSR count). The summed E-state index contributed by atoms with van der Waals surface area (Å²) in [5.41, 5.74) is 0. The Morgan fingerprint density at radius 2 is 1.62 bits per heavy atom. The van der Waals surface area contributed by atoms with Crippen molar-refractivity contribution in [3.05, 3.63) is 0 Å². The van der Waals surface area contributed by atoms with E-state index in [1.165, 1.54) is 25.9 Å². The third-order valence-electron chi connectivity index (χ3n) is 3.96. The Morgan fingerprint density at radius 3 is 2.06 bits per heavy atom. The molecule has 1 aliphatic heterocycles. The van der Waals surface area contributed by atoms with Gasteiger partial charge < -0.3 is 5.32 Å². The van der Waals surface area contributed by atoms with Gasteiger partial charge in [0.15, 0.2) is 0 Å². The minimum Gasteiger partial charge on any atom is -0.313 e. The second-order valence-corrected chi connectivity index (χ2v) is 6.03. The van der Waals surface area contributed by atoms with E-state index in [-0.39, 0.29) is 0 Å². The fourth-order valence-electron chi connectivity index (χ4n) is 2.56. The van der Waals surface area contributed by atoms with Gasteiger partial charge in [-0.05, 0) is 44.7 Å². The highest BCUT2D eigenvalue weighted by Gasteiger charge is 2.24. The number of nitrogens with zero attached hydrogens (tertiary/aromatic N) is 1. The second kappa shape index (κ2) is 6.61. The quantitative estimate of drug-likeness (QED) is 0.775. The molecule has 2 nitrogen and oxygen atoms in total. The van der Waals surface area contributed by atoms with E-state index in [1.807, 2.05) is 0 Å². The molecule has 0 amide bonds. The van der Waals surface area contributed by atoms with Crippen molar-refractivity contribution in [1.82, 2.24) is 10.2 Å². The van der Waals surface area contributed by atoms with Gasteiger partial charge in [0.05, 0.1) is 0 Å². The van der Waals surface area contributed by atoms with Crippen LogP contribution in [0.15, 0.2) is 0 Å². The smallest absolute Gasteiger partial charge is 0.0192 e. The number of hydrogen-bond acceptors (Lipinski definition) is 2. The Balaban J connectivity index is 2.24. The van der Waals surface area contributed by atoms with Crippen molar-refractivity contribution in [3.8, 4) is 0 Å². The summed E-state index contributed by atoms with van der Waals surface area (Å²) in [6.45, 7) is 15.2. The summed E-state index contributed by atoms with van der Waals surface area (Å²) in [6, 6.07) is 1.30. The lowest BCUT2D eigenvalue weighted by atomic mass is 9.86. The fraction of sp³-hybridized carbons (Fsp3) is 1.00. The van der Waals surface area contributed by atoms with Gasteiger partial charge in [-0.2, -0.15) is 0 Å². The predicted octanol–water partition coefficient (Wildman–Crippen LogP) is 2.74. The highest BCUT2D eigenvalue weighted by atomic mass is 15.2. The molecule has 0 saturated carbocycles. The van der Waals surface area contributed by atoms with Crippen LogP contribution in [0.5, 0.6) is 0 Å². The number of piperidine rings is 1. The van der Waals surface area contributed by atoms with Crippen molar-refractivity contribution >= 4 is 0 Å². The zero-order chi connectivity index (χ0) is 12.1. The molecule has 1 unspecified atom stereocenters. The molecule has 96 valence electrons. The van der Waals surface area contributed by atoms with E-state index in [1.54, 1.807) is 0 Å². The Labute approximate surface area is 102 Å². The summed E-state index contributed by atoms with van der Waals surface area (Å²) in [5, 5.41) is 3.53. The first-order chi connectivity index (χ1) is 7.50. The van der Waals surface area contributed by atoms with Crippen LogP contribution in [0, 0.1) is 11.8 Å². The molecule has 0 aromatic rings. The summed E-state index contributed by atoms with van der Waals surface area (Å²) >= 11 is 0. The summed E-state index contributed by atoms with van der Waals surface area (Å²) in [7, 11) is 0. The Bertz CT molecular complexity index is 181. The third-order valence-corrected chi connectivity index (χ3v) is 3.96. The van der Waals surface area contributed by atoms with E-state index in [9.17, 15) is 0 Å². The molecule has 0 aliphatic carbocycles. The van der Waals surface area contributed by atoms with Crippen LogP contribution in [0.25, 0.3) is 0 Å². The molecule has 1 saturated heterocycles. The topological polar surface area (TPSA) is 15.3 Å². The molecule has 1 N–H and O–H groups in total. The van der Waals surface area contributed by atoms with Crippen molar-refractivity contribution in [2.45, 2.75) is 59.5 Å². The van der Waals surface area contributed by atoms with Crippen LogP contribution in [-0.2, 0) is 0 Å². The van der Waals surface area contributed by atoms with Gasteiger partial charge in [0.2, 0.25) is 0 Å². The molecule has 1 fully saturated rings. The molecule has 0 spiro atoms. The van der Waals surface area contributed by atoms with Crippen LogP contribution in [0.3, 0.4) is 0 Å². The summed E-state index contributed by atoms with van der Waals surface area (Å²) in [6.07, 6.45) is 2.79. The SMILES string of the molecule is CC(C)NCC(C)N1CCC(C(C)C)CC1. The lowest BCUT2D eigenvalue weighted by Gasteiger charge is -2.37. The Hall–Kier alpha value is -0.0800. The normalized spacial score (nSPS) is 21.9. The van der Waals surface area contributed by atoms with E-state index in [4.69, 9.17) is 0 Å². The molecular weight excluding hydrogens is 196 g/mol. The van der Waals surface area contributed by atoms with Gasteiger partial charge in [-0.15, -0.1) is 0 Å². The zero-order valence-electron chi connectivity index (χ0n) is 11.8. The minimum absolute atomic E-state index is 0.607. The number of rotatable bonds is 5. The summed E-state index contributed by atoms with van der Waals surface area (Å²) < 4.78 is 0. The first-order valence-electron chi connectivity index (χ1n) is 6.98. The van der Waals surface area contributed by atoms with Gasteiger partial charge in [0, 0.05) is 18.6 Å². The van der Waals surface area contributed by atoms with Crippen LogP contribution in [0.2, 0.25) is 0 Å². The minimum atomic E-state index is 0.607. The molecular formula is C14H30N2. The van der Waals surface area contributed by atoms with Gasteiger partial charge in [-0.1, -0.05) is 27.7 Å². The van der Waals surface area contributed by atoms with Crippen LogP contribution in [0.4, 0.5) is 0 Å². The molecule has 0 aromatic carbocycles. The largest absolute Gasteiger partial charge is 0.313 e. The molecule has 1 aliphatic rings. The summed E-state index contributed by atoms with van der Waals surface area (Å²) in [5.74, 6) is 1.83. The zero-order valence-corrected chi connectivity index (χ0v) is 11.8. The van der Waals surface area contributed by atoms with Crippen molar-refractivity contribution in [2.75, 3.05) is 19.6 Å². The van der Waals surface area contributed by atoms with E-state index >= 15 is 0 Å². The lowest BCUT2D eigenvalue weighted by Crippen LogP contribution is -2.46. The van der Waals surface area contributed by atoms with Gasteiger partial charge in [0.25, 0.3) is 0 Å². The molecule has 2 heteroatoms. The number of hydrogen-bond donors (Lipinski definition) is 1. The Morgan fingerprint density at radius 1 is 1.06 bits per heavy atom. The van der Waals surface area contributed by atoms with Gasteiger partial charge in [-0.25, -0.2) is 0 Å². The van der Waals surface area contributed by atoms with Crippen LogP contribution >= 0.6 is 0 Å². The average molecular weight is 226 g/mol. The van der Waals surface area contributed by atoms with E-state index in [0.717, 1.165) is 18.4 Å². The van der Waals surface area contributed by atoms with Gasteiger partial charge >= 0.3 is 0 Å². The first-order valence-corrected chi connectivity index (χ1v) is 6.98. The molecule has 0 aromatic heterocycles. The van der Waals surface area contributed by atoms with Crippen LogP contribution in [-0.4, -0.2) is 36.6 Å². The maximum Gasteiger partial charge on any atom is 0.0192 e. The van der Waals surface area contributed by atoms with Crippen LogP contribution in [0.1, 0.15) is 47.5 Å². The van der Waals surface area contributed by atoms with Crippen molar-refractivity contribution in [2.24, 2.45) is 11.8 Å². The van der Waals surface area contributed by atoms with Crippen molar-refractivity contribution < 1.29 is 0 Å². The van der Waals surface area contributed by atoms with Gasteiger partial charge in [-0.3, -0.25) is 4.90 Å². The van der Waals surface area contributed by atoms with E-state index in [2.05, 4.69) is 44.8 Å². The van der Waals surface area contributed by atoms with Crippen molar-refractivity contribution in [1.29, 1.82) is 0 Å². The fourth-order valence-corrected chi connectivity index (χ4v) is 2.56. The van der Waals surface area contributed by atoms with E-state index < -0.39 is 0 Å². The standard InChI is InChI=1S/C14H30N2/c1-11(2)14-6-8-16(9-7-14)13(5)10-15-12(3)4/h11-15H,6-10H2,1-5H3. The average Bonchev–Trinajstić information content (AvgIpc) is 2.26. The maximum atomic E-state index is 3.53. The third kappa shape index (κ3) is 4.42. The first kappa shape index (κ1) is 14.0. The molecule has 0 radical (unpaired) electrons. The van der Waals surface area contributed by atoms with Crippen molar-refractivity contribution in [3.63, 3.8) is 0 Å². The van der Waals surface area contributed by atoms with Crippen LogP contribution < -0.4 is 5.32 Å². The van der Waals surface area contributed by atoms with Gasteiger partial charge in [0.1, 0.15) is 0 Å². The molecule has 0 bridgehead atoms. The van der Waals surface area contributed by atoms with E-state index in [0.29, 0.717) is 12.1 Å². The Kier molecular flexibility index (Phi) is 5.77. The lowest BCUT2D eigenvalue weighted by molar-refractivity contribution is 0.120. The maximum absolute atomic E-state index is 3.53. The summed E-state index contributed by atoms with van der Waals surface area (Å²) in [4.78, 5) is 2.65.